The van der Waals surface area contributed by atoms with Crippen molar-refractivity contribution in [2.24, 2.45) is 11.8 Å². The van der Waals surface area contributed by atoms with Crippen LogP contribution in [0, 0.1) is 11.8 Å². The van der Waals surface area contributed by atoms with Crippen LogP contribution in [-0.4, -0.2) is 63.3 Å². The van der Waals surface area contributed by atoms with Crippen LogP contribution in [0.1, 0.15) is 81.2 Å². The van der Waals surface area contributed by atoms with Gasteiger partial charge in [0.25, 0.3) is 0 Å². The minimum absolute atomic E-state index is 0.305. The molecule has 192 valence electrons. The summed E-state index contributed by atoms with van der Waals surface area (Å²) in [6, 6.07) is 8.94. The molecular weight excluding hydrogens is 452 g/mol. The van der Waals surface area contributed by atoms with Gasteiger partial charge in [0, 0.05) is 42.8 Å². The number of benzene rings is 2. The number of nitrogens with zero attached hydrogens (tertiary/aromatic N) is 2. The predicted octanol–water partition coefficient (Wildman–Crippen LogP) is 4.89. The van der Waals surface area contributed by atoms with Crippen LogP contribution < -0.4 is 9.47 Å². The third-order valence-corrected chi connectivity index (χ3v) is 9.05. The van der Waals surface area contributed by atoms with Crippen LogP contribution in [0.15, 0.2) is 24.3 Å². The van der Waals surface area contributed by atoms with Gasteiger partial charge in [-0.05, 0) is 91.1 Å². The zero-order valence-electron chi connectivity index (χ0n) is 22.0. The van der Waals surface area contributed by atoms with Gasteiger partial charge in [0.2, 0.25) is 0 Å². The number of carbonyl (C=O) groups is 2. The number of hydrogen-bond acceptors (Lipinski definition) is 6. The number of carbonyl (C=O) groups excluding carboxylic acids is 2. The highest BCUT2D eigenvalue weighted by Gasteiger charge is 2.40. The molecule has 3 aliphatic rings. The molecule has 3 aliphatic heterocycles. The van der Waals surface area contributed by atoms with Gasteiger partial charge in [0.15, 0.2) is 24.1 Å². The van der Waals surface area contributed by atoms with Gasteiger partial charge in [0.1, 0.15) is 0 Å². The second kappa shape index (κ2) is 10.3. The van der Waals surface area contributed by atoms with E-state index >= 15 is 0 Å². The van der Waals surface area contributed by atoms with Crippen molar-refractivity contribution in [1.29, 1.82) is 0 Å². The molecule has 6 nitrogen and oxygen atoms in total. The molecule has 0 bridgehead atoms. The highest BCUT2D eigenvalue weighted by Crippen LogP contribution is 2.47. The van der Waals surface area contributed by atoms with Gasteiger partial charge >= 0.3 is 0 Å². The Hall–Kier alpha value is -2.70. The fourth-order valence-electron chi connectivity index (χ4n) is 6.97. The Kier molecular flexibility index (Phi) is 7.18. The Morgan fingerprint density at radius 3 is 2.25 bits per heavy atom. The Morgan fingerprint density at radius 1 is 0.889 bits per heavy atom. The fourth-order valence-corrected chi connectivity index (χ4v) is 6.97. The maximum absolute atomic E-state index is 11.7. The second-order valence-corrected chi connectivity index (χ2v) is 10.7. The smallest absolute Gasteiger partial charge is 0.161 e. The molecule has 4 atom stereocenters. The van der Waals surface area contributed by atoms with Crippen LogP contribution in [0.3, 0.4) is 0 Å². The summed E-state index contributed by atoms with van der Waals surface area (Å²) in [7, 11) is 5.65. The lowest BCUT2D eigenvalue weighted by Crippen LogP contribution is -2.47. The SMILES string of the molecule is CC[C@H]1CN2CCc3cc(C=O)c(C=O)cc3[C@@H]2C[C@@H]1C[C@@H]1c2cc(OC)c(OC)cc2CCN1C. The van der Waals surface area contributed by atoms with Crippen LogP contribution in [0.5, 0.6) is 11.5 Å². The van der Waals surface area contributed by atoms with E-state index in [4.69, 9.17) is 9.47 Å². The number of hydrogen-bond donors (Lipinski definition) is 0. The summed E-state index contributed by atoms with van der Waals surface area (Å²) in [5, 5.41) is 0. The minimum atomic E-state index is 0.305. The highest BCUT2D eigenvalue weighted by molar-refractivity contribution is 5.91. The molecule has 1 fully saturated rings. The van der Waals surface area contributed by atoms with E-state index < -0.39 is 0 Å². The third-order valence-electron chi connectivity index (χ3n) is 9.05. The van der Waals surface area contributed by atoms with Crippen LogP contribution in [0.2, 0.25) is 0 Å². The van der Waals surface area contributed by atoms with Gasteiger partial charge in [-0.25, -0.2) is 0 Å². The molecule has 0 amide bonds. The summed E-state index contributed by atoms with van der Waals surface area (Å²) >= 11 is 0. The molecule has 3 heterocycles. The number of aldehydes is 2. The fraction of sp³-hybridized carbons (Fsp3) is 0.533. The zero-order valence-corrected chi connectivity index (χ0v) is 22.0. The maximum Gasteiger partial charge on any atom is 0.161 e. The largest absolute Gasteiger partial charge is 0.493 e. The molecule has 0 aromatic heterocycles. The average Bonchev–Trinajstić information content (AvgIpc) is 2.92. The van der Waals surface area contributed by atoms with Gasteiger partial charge in [-0.15, -0.1) is 0 Å². The Balaban J connectivity index is 1.47. The van der Waals surface area contributed by atoms with Crippen LogP contribution in [0.25, 0.3) is 0 Å². The first-order valence-corrected chi connectivity index (χ1v) is 13.3. The van der Waals surface area contributed by atoms with Gasteiger partial charge in [-0.1, -0.05) is 13.3 Å². The first-order chi connectivity index (χ1) is 17.5. The first kappa shape index (κ1) is 25.0. The van der Waals surface area contributed by atoms with Gasteiger partial charge in [0.05, 0.1) is 14.2 Å². The average molecular weight is 491 g/mol. The molecule has 6 heteroatoms. The molecule has 2 aromatic carbocycles. The van der Waals surface area contributed by atoms with Crippen molar-refractivity contribution < 1.29 is 19.1 Å². The molecule has 5 rings (SSSR count). The standard InChI is InChI=1S/C30H38N2O4/c1-5-19-16-32-9-7-20-10-23(17-33)24(18-34)11-25(20)28(32)13-22(19)12-27-26-15-30(36-4)29(35-3)14-21(26)6-8-31(27)2/h10-11,14-15,17-19,22,27-28H,5-9,12-13,16H2,1-4H3/t19-,22-,27+,28-/m0/s1. The number of methoxy groups -OCH3 is 2. The van der Waals surface area contributed by atoms with Crippen molar-refractivity contribution in [1.82, 2.24) is 9.80 Å². The predicted molar refractivity (Wildman–Crippen MR) is 140 cm³/mol. The van der Waals surface area contributed by atoms with Gasteiger partial charge in [-0.2, -0.15) is 0 Å². The topological polar surface area (TPSA) is 59.1 Å². The molecule has 0 N–H and O–H groups in total. The lowest BCUT2D eigenvalue weighted by molar-refractivity contribution is 0.0341. The Bertz CT molecular complexity index is 1150. The Morgan fingerprint density at radius 2 is 1.56 bits per heavy atom. The number of ether oxygens (including phenoxy) is 2. The molecule has 0 radical (unpaired) electrons. The van der Waals surface area contributed by atoms with Crippen LogP contribution in [-0.2, 0) is 12.8 Å². The third kappa shape index (κ3) is 4.35. The zero-order chi connectivity index (χ0) is 25.4. The maximum atomic E-state index is 11.7. The van der Waals surface area contributed by atoms with Crippen molar-refractivity contribution in [2.75, 3.05) is 40.9 Å². The van der Waals surface area contributed by atoms with Crippen LogP contribution >= 0.6 is 0 Å². The lowest BCUT2D eigenvalue weighted by atomic mass is 9.72. The summed E-state index contributed by atoms with van der Waals surface area (Å²) in [5.74, 6) is 2.81. The van der Waals surface area contributed by atoms with E-state index in [1.807, 2.05) is 12.1 Å². The number of fused-ring (bicyclic) bond motifs is 4. The lowest BCUT2D eigenvalue weighted by Gasteiger charge is -2.49. The monoisotopic (exact) mass is 490 g/mol. The van der Waals surface area contributed by atoms with E-state index in [9.17, 15) is 9.59 Å². The molecule has 0 spiro atoms. The van der Waals surface area contributed by atoms with E-state index in [1.165, 1.54) is 28.7 Å². The summed E-state index contributed by atoms with van der Waals surface area (Å²) in [6.07, 6.45) is 6.94. The molecule has 2 aromatic rings. The number of piperidine rings is 1. The molecule has 36 heavy (non-hydrogen) atoms. The van der Waals surface area contributed by atoms with E-state index in [0.29, 0.717) is 35.0 Å². The molecule has 0 saturated carbocycles. The van der Waals surface area contributed by atoms with E-state index in [1.54, 1.807) is 14.2 Å². The highest BCUT2D eigenvalue weighted by atomic mass is 16.5. The number of likely N-dealkylation sites (N-methyl/N-ethyl adjacent to an activating group) is 1. The van der Waals surface area contributed by atoms with Crippen molar-refractivity contribution in [2.45, 2.75) is 51.1 Å². The molecule has 0 unspecified atom stereocenters. The minimum Gasteiger partial charge on any atom is -0.493 e. The normalized spacial score (nSPS) is 25.9. The molecular formula is C30H38N2O4. The Labute approximate surface area is 214 Å². The van der Waals surface area contributed by atoms with Gasteiger partial charge in [-0.3, -0.25) is 19.4 Å². The van der Waals surface area contributed by atoms with Gasteiger partial charge < -0.3 is 9.47 Å². The molecule has 1 saturated heterocycles. The van der Waals surface area contributed by atoms with E-state index in [2.05, 4.69) is 35.9 Å². The number of rotatable bonds is 7. The second-order valence-electron chi connectivity index (χ2n) is 10.7. The van der Waals surface area contributed by atoms with Crippen LogP contribution in [0.4, 0.5) is 0 Å². The summed E-state index contributed by atoms with van der Waals surface area (Å²) in [6.45, 7) is 5.46. The quantitative estimate of drug-likeness (QED) is 0.515. The molecule has 0 aliphatic carbocycles. The van der Waals surface area contributed by atoms with E-state index in [-0.39, 0.29) is 0 Å². The van der Waals surface area contributed by atoms with Crippen molar-refractivity contribution in [3.8, 4) is 11.5 Å². The summed E-state index contributed by atoms with van der Waals surface area (Å²) in [5.41, 5.74) is 6.23. The van der Waals surface area contributed by atoms with Crippen molar-refractivity contribution in [3.63, 3.8) is 0 Å². The van der Waals surface area contributed by atoms with E-state index in [0.717, 1.165) is 69.4 Å². The van der Waals surface area contributed by atoms with Crippen molar-refractivity contribution >= 4 is 12.6 Å². The first-order valence-electron chi connectivity index (χ1n) is 13.3. The summed E-state index contributed by atoms with van der Waals surface area (Å²) < 4.78 is 11.3. The van der Waals surface area contributed by atoms with Crippen molar-refractivity contribution in [3.05, 3.63) is 57.6 Å². The summed E-state index contributed by atoms with van der Waals surface area (Å²) in [4.78, 5) is 28.4.